The third-order valence-electron chi connectivity index (χ3n) is 5.86. The maximum atomic E-state index is 10.5. The zero-order valence-corrected chi connectivity index (χ0v) is 22.9. The molecule has 0 saturated heterocycles. The average Bonchev–Trinajstić information content (AvgIpc) is 2.72. The monoisotopic (exact) mass is 511 g/mol. The zero-order valence-electron chi connectivity index (χ0n) is 20.3. The second kappa shape index (κ2) is 24.5. The average molecular weight is 512 g/mol. The van der Waals surface area contributed by atoms with Crippen molar-refractivity contribution in [3.05, 3.63) is 0 Å². The topological polar surface area (TPSA) is 78.8 Å². The van der Waals surface area contributed by atoms with Gasteiger partial charge in [-0.3, -0.25) is 4.52 Å². The van der Waals surface area contributed by atoms with Crippen LogP contribution in [-0.4, -0.2) is 27.3 Å². The predicted octanol–water partition coefficient (Wildman–Crippen LogP) is 8.09. The lowest BCUT2D eigenvalue weighted by Crippen LogP contribution is -2.17. The van der Waals surface area contributed by atoms with Gasteiger partial charge in [0.1, 0.15) is 4.32 Å². The van der Waals surface area contributed by atoms with Crippen LogP contribution in [0.25, 0.3) is 0 Å². The maximum absolute atomic E-state index is 10.5. The lowest BCUT2D eigenvalue weighted by Gasteiger charge is -2.05. The smallest absolute Gasteiger partial charge is 0.371 e. The highest BCUT2D eigenvalue weighted by atomic mass is 32.1. The van der Waals surface area contributed by atoms with Crippen LogP contribution < -0.4 is 5.32 Å². The first kappa shape index (κ1) is 32.4. The van der Waals surface area contributed by atoms with Crippen molar-refractivity contribution in [3.8, 4) is 0 Å². The van der Waals surface area contributed by atoms with Crippen LogP contribution >= 0.6 is 32.7 Å². The molecule has 5 nitrogen and oxygen atoms in total. The fourth-order valence-corrected chi connectivity index (χ4v) is 4.55. The molecule has 0 heterocycles. The van der Waals surface area contributed by atoms with Crippen molar-refractivity contribution in [2.75, 3.05) is 13.2 Å². The Kier molecular flexibility index (Phi) is 24.7. The quantitative estimate of drug-likeness (QED) is 0.0429. The summed E-state index contributed by atoms with van der Waals surface area (Å²) in [6.45, 7) is 1.13. The van der Waals surface area contributed by atoms with Gasteiger partial charge in [-0.15, -0.1) is 12.6 Å². The van der Waals surface area contributed by atoms with Gasteiger partial charge in [-0.05, 0) is 12.8 Å². The van der Waals surface area contributed by atoms with E-state index in [-0.39, 0.29) is 6.61 Å². The number of rotatable bonds is 25. The van der Waals surface area contributed by atoms with Crippen LogP contribution in [0.5, 0.6) is 0 Å². The van der Waals surface area contributed by atoms with Crippen molar-refractivity contribution < 1.29 is 18.9 Å². The van der Waals surface area contributed by atoms with Crippen molar-refractivity contribution in [1.29, 1.82) is 0 Å². The third-order valence-corrected chi connectivity index (χ3v) is 6.68. The van der Waals surface area contributed by atoms with E-state index in [1.165, 1.54) is 116 Å². The van der Waals surface area contributed by atoms with E-state index in [1.807, 2.05) is 0 Å². The highest BCUT2D eigenvalue weighted by Gasteiger charge is 2.12. The molecule has 0 spiro atoms. The molecule has 0 aromatic heterocycles. The number of thiol groups is 1. The molecule has 0 aromatic carbocycles. The first-order valence-electron chi connectivity index (χ1n) is 13.1. The molecule has 0 unspecified atom stereocenters. The maximum Gasteiger partial charge on any atom is 0.469 e. The van der Waals surface area contributed by atoms with Gasteiger partial charge < -0.3 is 15.1 Å². The van der Waals surface area contributed by atoms with Gasteiger partial charge in [0.25, 0.3) is 0 Å². The van der Waals surface area contributed by atoms with Crippen molar-refractivity contribution in [2.24, 2.45) is 0 Å². The number of thiocarbonyl (C=S) groups is 1. The molecule has 0 aliphatic rings. The molecule has 0 aromatic rings. The lowest BCUT2D eigenvalue weighted by atomic mass is 10.0. The van der Waals surface area contributed by atoms with Crippen molar-refractivity contribution >= 4 is 37.0 Å². The van der Waals surface area contributed by atoms with E-state index in [0.717, 1.165) is 25.8 Å². The molecule has 0 aliphatic carbocycles. The first-order valence-corrected chi connectivity index (χ1v) is 15.5. The molecule has 3 N–H and O–H groups in total. The van der Waals surface area contributed by atoms with Crippen molar-refractivity contribution in [2.45, 2.75) is 135 Å². The Bertz CT molecular complexity index is 463. The minimum absolute atomic E-state index is 0.163. The van der Waals surface area contributed by atoms with E-state index < -0.39 is 7.82 Å². The lowest BCUT2D eigenvalue weighted by molar-refractivity contribution is 0.193. The molecule has 32 heavy (non-hydrogen) atoms. The van der Waals surface area contributed by atoms with Crippen LogP contribution in [-0.2, 0) is 9.09 Å². The van der Waals surface area contributed by atoms with Crippen LogP contribution in [0.4, 0.5) is 0 Å². The van der Waals surface area contributed by atoms with Crippen LogP contribution in [0.15, 0.2) is 0 Å². The number of hydrogen-bond donors (Lipinski definition) is 4. The summed E-state index contributed by atoms with van der Waals surface area (Å²) in [7, 11) is -4.27. The predicted molar refractivity (Wildman–Crippen MR) is 145 cm³/mol. The van der Waals surface area contributed by atoms with Crippen molar-refractivity contribution in [1.82, 2.24) is 5.32 Å². The molecule has 0 rings (SSSR count). The Morgan fingerprint density at radius 1 is 0.625 bits per heavy atom. The van der Waals surface area contributed by atoms with Gasteiger partial charge in [0.05, 0.1) is 6.61 Å². The fraction of sp³-hybridized carbons (Fsp3) is 0.958. The minimum Gasteiger partial charge on any atom is -0.371 e. The molecule has 0 fully saturated rings. The molecule has 0 aliphatic heterocycles. The van der Waals surface area contributed by atoms with Crippen LogP contribution in [0.1, 0.15) is 135 Å². The van der Waals surface area contributed by atoms with Gasteiger partial charge in [-0.1, -0.05) is 134 Å². The zero-order chi connectivity index (χ0) is 23.8. The molecule has 0 amide bonds. The van der Waals surface area contributed by atoms with Gasteiger partial charge in [-0.2, -0.15) is 0 Å². The summed E-state index contributed by atoms with van der Waals surface area (Å²) in [5, 5.41) is 3.09. The van der Waals surface area contributed by atoms with E-state index in [1.54, 1.807) is 0 Å². The van der Waals surface area contributed by atoms with E-state index in [9.17, 15) is 4.57 Å². The van der Waals surface area contributed by atoms with E-state index in [4.69, 9.17) is 22.0 Å². The molecule has 0 atom stereocenters. The van der Waals surface area contributed by atoms with Crippen LogP contribution in [0, 0.1) is 0 Å². The highest BCUT2D eigenvalue weighted by Crippen LogP contribution is 2.35. The van der Waals surface area contributed by atoms with Gasteiger partial charge in [0.15, 0.2) is 0 Å². The van der Waals surface area contributed by atoms with Gasteiger partial charge in [-0.25, -0.2) is 4.57 Å². The highest BCUT2D eigenvalue weighted by molar-refractivity contribution is 8.11. The van der Waals surface area contributed by atoms with Crippen LogP contribution in [0.3, 0.4) is 0 Å². The molecular weight excluding hydrogens is 461 g/mol. The summed E-state index contributed by atoms with van der Waals surface area (Å²) in [5.74, 6) is 0. The standard InChI is InChI=1S/C24H50NO4PS2/c26-30(27,28)29-23-21-19-17-15-13-11-9-7-5-3-1-2-4-6-8-10-12-14-16-18-20-22-25-24(31)32/h1-23H2,(H2,25,31,32)(H2,26,27,28). The summed E-state index contributed by atoms with van der Waals surface area (Å²) in [6, 6.07) is 0. The Balaban J connectivity index is 3.05. The molecule has 8 heteroatoms. The van der Waals surface area contributed by atoms with Crippen molar-refractivity contribution in [3.63, 3.8) is 0 Å². The summed E-state index contributed by atoms with van der Waals surface area (Å²) in [5.41, 5.74) is 0. The third kappa shape index (κ3) is 30.4. The summed E-state index contributed by atoms with van der Waals surface area (Å²) in [4.78, 5) is 17.2. The fourth-order valence-electron chi connectivity index (χ4n) is 3.96. The van der Waals surface area contributed by atoms with E-state index in [2.05, 4.69) is 22.5 Å². The Morgan fingerprint density at radius 3 is 1.19 bits per heavy atom. The molecule has 0 radical (unpaired) electrons. The number of unbranched alkanes of at least 4 members (excludes halogenated alkanes) is 20. The SMILES string of the molecule is O=P(O)(O)OCCCCCCCCCCCCCCCCCCCCCCCNC(=S)S. The number of phosphoric ester groups is 1. The normalized spacial score (nSPS) is 11.7. The second-order valence-corrected chi connectivity index (χ2v) is 11.4. The molecule has 0 saturated carbocycles. The number of nitrogens with one attached hydrogen (secondary N) is 1. The van der Waals surface area contributed by atoms with Gasteiger partial charge in [0, 0.05) is 6.54 Å². The number of phosphoric acid groups is 1. The molecule has 192 valence electrons. The summed E-state index contributed by atoms with van der Waals surface area (Å²) >= 11 is 8.93. The molecular formula is C24H50NO4PS2. The summed E-state index contributed by atoms with van der Waals surface area (Å²) < 4.78 is 15.6. The summed E-state index contributed by atoms with van der Waals surface area (Å²) in [6.07, 6.45) is 27.2. The van der Waals surface area contributed by atoms with E-state index >= 15 is 0 Å². The van der Waals surface area contributed by atoms with Gasteiger partial charge >= 0.3 is 7.82 Å². The Labute approximate surface area is 208 Å². The first-order chi connectivity index (χ1) is 15.4. The largest absolute Gasteiger partial charge is 0.469 e. The van der Waals surface area contributed by atoms with Crippen LogP contribution in [0.2, 0.25) is 0 Å². The second-order valence-electron chi connectivity index (χ2n) is 8.98. The Hall–Kier alpha value is 0.350. The molecule has 0 bridgehead atoms. The minimum atomic E-state index is -4.27. The van der Waals surface area contributed by atoms with E-state index in [0.29, 0.717) is 4.32 Å². The Morgan fingerprint density at radius 2 is 0.906 bits per heavy atom. The number of hydrogen-bond acceptors (Lipinski definition) is 3. The van der Waals surface area contributed by atoms with Gasteiger partial charge in [0.2, 0.25) is 0 Å².